The van der Waals surface area contributed by atoms with Gasteiger partial charge in [0.1, 0.15) is 4.88 Å². The summed E-state index contributed by atoms with van der Waals surface area (Å²) in [5, 5.41) is 7.09. The fourth-order valence-corrected chi connectivity index (χ4v) is 5.90. The van der Waals surface area contributed by atoms with Gasteiger partial charge in [-0.15, -0.1) is 5.10 Å². The highest BCUT2D eigenvalue weighted by Crippen LogP contribution is 2.37. The zero-order valence-corrected chi connectivity index (χ0v) is 15.0. The molecular formula is C14H22N4O3S2. The highest BCUT2D eigenvalue weighted by Gasteiger charge is 2.45. The second-order valence-electron chi connectivity index (χ2n) is 6.42. The van der Waals surface area contributed by atoms with Gasteiger partial charge in [-0.3, -0.25) is 4.79 Å². The molecule has 1 N–H and O–H groups in total. The van der Waals surface area contributed by atoms with Crippen molar-refractivity contribution in [2.45, 2.75) is 63.6 Å². The van der Waals surface area contributed by atoms with Crippen molar-refractivity contribution in [1.82, 2.24) is 19.2 Å². The minimum absolute atomic E-state index is 0.0174. The van der Waals surface area contributed by atoms with E-state index in [0.717, 1.165) is 42.9 Å². The van der Waals surface area contributed by atoms with Gasteiger partial charge in [0.15, 0.2) is 0 Å². The molecule has 0 aromatic carbocycles. The number of nitrogens with zero attached hydrogens (tertiary/aromatic N) is 3. The van der Waals surface area contributed by atoms with Crippen LogP contribution >= 0.6 is 11.5 Å². The van der Waals surface area contributed by atoms with Gasteiger partial charge >= 0.3 is 0 Å². The number of rotatable bonds is 5. The number of carbonyl (C=O) groups is 1. The van der Waals surface area contributed by atoms with Crippen LogP contribution in [0, 0.1) is 0 Å². The van der Waals surface area contributed by atoms with Gasteiger partial charge < -0.3 is 5.32 Å². The predicted octanol–water partition coefficient (Wildman–Crippen LogP) is 1.18. The van der Waals surface area contributed by atoms with Crippen LogP contribution in [-0.2, 0) is 16.4 Å². The Morgan fingerprint density at radius 2 is 2.00 bits per heavy atom. The Labute approximate surface area is 140 Å². The number of amides is 1. The zero-order chi connectivity index (χ0) is 16.6. The Hall–Kier alpha value is -1.06. The summed E-state index contributed by atoms with van der Waals surface area (Å²) in [7, 11) is -3.17. The second kappa shape index (κ2) is 6.45. The number of carbonyl (C=O) groups excluding carboxylic acids is 1. The quantitative estimate of drug-likeness (QED) is 0.853. The molecule has 2 saturated heterocycles. The maximum atomic E-state index is 12.5. The predicted molar refractivity (Wildman–Crippen MR) is 87.9 cm³/mol. The molecule has 0 radical (unpaired) electrons. The van der Waals surface area contributed by atoms with Crippen molar-refractivity contribution in [2.75, 3.05) is 6.26 Å². The molecule has 2 fully saturated rings. The number of hydrogen-bond acceptors (Lipinski definition) is 6. The van der Waals surface area contributed by atoms with Crippen molar-refractivity contribution in [2.24, 2.45) is 0 Å². The lowest BCUT2D eigenvalue weighted by atomic mass is 9.99. The maximum Gasteiger partial charge on any atom is 0.265 e. The molecule has 2 aliphatic heterocycles. The van der Waals surface area contributed by atoms with Crippen LogP contribution in [0.25, 0.3) is 0 Å². The molecule has 2 atom stereocenters. The van der Waals surface area contributed by atoms with E-state index in [-0.39, 0.29) is 24.0 Å². The fraction of sp³-hybridized carbons (Fsp3) is 0.786. The van der Waals surface area contributed by atoms with Crippen molar-refractivity contribution in [3.05, 3.63) is 10.6 Å². The molecule has 9 heteroatoms. The minimum Gasteiger partial charge on any atom is -0.348 e. The van der Waals surface area contributed by atoms with Gasteiger partial charge in [0.25, 0.3) is 5.91 Å². The van der Waals surface area contributed by atoms with Gasteiger partial charge in [-0.1, -0.05) is 17.8 Å². The van der Waals surface area contributed by atoms with E-state index in [4.69, 9.17) is 0 Å². The van der Waals surface area contributed by atoms with E-state index >= 15 is 0 Å². The third-order valence-corrected chi connectivity index (χ3v) is 6.76. The van der Waals surface area contributed by atoms with Crippen molar-refractivity contribution in [3.63, 3.8) is 0 Å². The average molecular weight is 358 g/mol. The number of hydrogen-bond donors (Lipinski definition) is 1. The molecular weight excluding hydrogens is 336 g/mol. The molecule has 0 spiro atoms. The summed E-state index contributed by atoms with van der Waals surface area (Å²) >= 11 is 1.13. The van der Waals surface area contributed by atoms with Gasteiger partial charge in [0.2, 0.25) is 10.0 Å². The lowest BCUT2D eigenvalue weighted by Crippen LogP contribution is -2.52. The van der Waals surface area contributed by atoms with Crippen molar-refractivity contribution < 1.29 is 13.2 Å². The van der Waals surface area contributed by atoms with Crippen LogP contribution < -0.4 is 5.32 Å². The number of aromatic nitrogens is 2. The molecule has 7 nitrogen and oxygen atoms in total. The number of sulfonamides is 1. The summed E-state index contributed by atoms with van der Waals surface area (Å²) < 4.78 is 29.3. The minimum atomic E-state index is -3.17. The molecule has 0 saturated carbocycles. The lowest BCUT2D eigenvalue weighted by molar-refractivity contribution is 0.0912. The Kier molecular flexibility index (Phi) is 4.70. The van der Waals surface area contributed by atoms with Gasteiger partial charge in [-0.2, -0.15) is 4.31 Å². The van der Waals surface area contributed by atoms with E-state index in [0.29, 0.717) is 17.7 Å². The smallest absolute Gasteiger partial charge is 0.265 e. The standard InChI is InChI=1S/C14H22N4O3S2/c1-3-4-12-13(22-17-16-12)14(19)15-9-7-10-5-6-11(8-9)18(10)23(2,20)21/h9-11H,3-8H2,1-2H3,(H,15,19). The molecule has 128 valence electrons. The molecule has 1 amide bonds. The summed E-state index contributed by atoms with van der Waals surface area (Å²) in [4.78, 5) is 13.1. The summed E-state index contributed by atoms with van der Waals surface area (Å²) in [5.41, 5.74) is 0.756. The van der Waals surface area contributed by atoms with E-state index in [1.54, 1.807) is 4.31 Å². The summed E-state index contributed by atoms with van der Waals surface area (Å²) in [5.74, 6) is -0.124. The van der Waals surface area contributed by atoms with E-state index in [1.807, 2.05) is 6.92 Å². The first kappa shape index (κ1) is 16.8. The Bertz CT molecular complexity index is 674. The summed E-state index contributed by atoms with van der Waals surface area (Å²) in [6.07, 6.45) is 6.08. The molecule has 0 aliphatic carbocycles. The van der Waals surface area contributed by atoms with Crippen LogP contribution in [0.15, 0.2) is 0 Å². The maximum absolute atomic E-state index is 12.5. The van der Waals surface area contributed by atoms with E-state index in [9.17, 15) is 13.2 Å². The number of piperidine rings is 1. The van der Waals surface area contributed by atoms with E-state index in [1.165, 1.54) is 6.26 Å². The van der Waals surface area contributed by atoms with Crippen LogP contribution in [0.1, 0.15) is 54.4 Å². The number of fused-ring (bicyclic) bond motifs is 2. The Balaban J connectivity index is 1.67. The first-order chi connectivity index (χ1) is 10.9. The molecule has 3 heterocycles. The Morgan fingerprint density at radius 1 is 1.35 bits per heavy atom. The van der Waals surface area contributed by atoms with Gasteiger partial charge in [-0.25, -0.2) is 8.42 Å². The first-order valence-corrected chi connectivity index (χ1v) is 10.6. The molecule has 2 aliphatic rings. The molecule has 2 unspecified atom stereocenters. The zero-order valence-electron chi connectivity index (χ0n) is 13.4. The summed E-state index contributed by atoms with van der Waals surface area (Å²) in [6, 6.07) is 0.0575. The van der Waals surface area contributed by atoms with Crippen LogP contribution in [0.2, 0.25) is 0 Å². The van der Waals surface area contributed by atoms with Crippen molar-refractivity contribution in [3.8, 4) is 0 Å². The lowest BCUT2D eigenvalue weighted by Gasteiger charge is -2.37. The third kappa shape index (κ3) is 3.41. The van der Waals surface area contributed by atoms with Crippen LogP contribution in [0.3, 0.4) is 0 Å². The third-order valence-electron chi connectivity index (χ3n) is 4.63. The first-order valence-electron chi connectivity index (χ1n) is 8.00. The topological polar surface area (TPSA) is 92.3 Å². The average Bonchev–Trinajstić information content (AvgIpc) is 3.02. The van der Waals surface area contributed by atoms with E-state index in [2.05, 4.69) is 14.9 Å². The normalized spacial score (nSPS) is 28.0. The van der Waals surface area contributed by atoms with Crippen LogP contribution in [0.4, 0.5) is 0 Å². The van der Waals surface area contributed by atoms with Gasteiger partial charge in [0.05, 0.1) is 11.9 Å². The number of aryl methyl sites for hydroxylation is 1. The second-order valence-corrected chi connectivity index (χ2v) is 9.06. The fourth-order valence-electron chi connectivity index (χ4n) is 3.83. The molecule has 1 aromatic heterocycles. The molecule has 1 aromatic rings. The van der Waals surface area contributed by atoms with E-state index < -0.39 is 10.0 Å². The highest BCUT2D eigenvalue weighted by molar-refractivity contribution is 7.88. The summed E-state index contributed by atoms with van der Waals surface area (Å²) in [6.45, 7) is 2.04. The SMILES string of the molecule is CCCc1nnsc1C(=O)NC1CC2CCC(C1)N2S(C)(=O)=O. The van der Waals surface area contributed by atoms with Gasteiger partial charge in [-0.05, 0) is 43.6 Å². The highest BCUT2D eigenvalue weighted by atomic mass is 32.2. The van der Waals surface area contributed by atoms with Crippen LogP contribution in [0.5, 0.6) is 0 Å². The van der Waals surface area contributed by atoms with Gasteiger partial charge in [0, 0.05) is 18.1 Å². The monoisotopic (exact) mass is 358 g/mol. The van der Waals surface area contributed by atoms with Crippen molar-refractivity contribution in [1.29, 1.82) is 0 Å². The molecule has 23 heavy (non-hydrogen) atoms. The van der Waals surface area contributed by atoms with Crippen LogP contribution in [-0.4, -0.2) is 52.6 Å². The van der Waals surface area contributed by atoms with Crippen molar-refractivity contribution >= 4 is 27.5 Å². The molecule has 3 rings (SSSR count). The Morgan fingerprint density at radius 3 is 2.57 bits per heavy atom. The largest absolute Gasteiger partial charge is 0.348 e. The molecule has 2 bridgehead atoms. The number of nitrogens with one attached hydrogen (secondary N) is 1.